The summed E-state index contributed by atoms with van der Waals surface area (Å²) < 4.78 is 30.3. The van der Waals surface area contributed by atoms with Crippen LogP contribution in [0.4, 0.5) is 8.78 Å². The average molecular weight is 514 g/mol. The summed E-state index contributed by atoms with van der Waals surface area (Å²) in [4.78, 5) is 33.0. The Labute approximate surface area is 219 Å². The minimum Gasteiger partial charge on any atom is -0.302 e. The van der Waals surface area contributed by atoms with Crippen molar-refractivity contribution < 1.29 is 13.6 Å². The summed E-state index contributed by atoms with van der Waals surface area (Å²) in [7, 11) is 2.07. The van der Waals surface area contributed by atoms with Crippen LogP contribution >= 0.6 is 0 Å². The maximum Gasteiger partial charge on any atom is 0.255 e. The lowest BCUT2D eigenvalue weighted by Gasteiger charge is -2.18. The lowest BCUT2D eigenvalue weighted by Crippen LogP contribution is -2.23. The zero-order chi connectivity index (χ0) is 26.6. The highest BCUT2D eigenvalue weighted by molar-refractivity contribution is 5.93. The number of carbonyl (C=O) groups excluding carboxylic acids is 1. The van der Waals surface area contributed by atoms with Gasteiger partial charge in [0, 0.05) is 41.5 Å². The number of hydrogen-bond donors (Lipinski definition) is 0. The molecule has 4 aromatic rings. The second-order valence-electron chi connectivity index (χ2n) is 10.5. The van der Waals surface area contributed by atoms with E-state index in [2.05, 4.69) is 24.1 Å². The Hall–Kier alpha value is -3.71. The molecule has 0 bridgehead atoms. The summed E-state index contributed by atoms with van der Waals surface area (Å²) in [6.07, 6.45) is 2.25. The molecule has 2 aromatic carbocycles. The summed E-state index contributed by atoms with van der Waals surface area (Å²) in [5, 5.41) is 0.586. The van der Waals surface area contributed by atoms with Crippen LogP contribution in [0.25, 0.3) is 22.3 Å². The van der Waals surface area contributed by atoms with Gasteiger partial charge in [-0.05, 0) is 61.7 Å². The van der Waals surface area contributed by atoms with Gasteiger partial charge >= 0.3 is 0 Å². The lowest BCUT2D eigenvalue weighted by atomic mass is 9.95. The number of ketones is 1. The van der Waals surface area contributed by atoms with E-state index in [-0.39, 0.29) is 23.7 Å². The van der Waals surface area contributed by atoms with E-state index >= 15 is 0 Å². The molecule has 5 nitrogen and oxygen atoms in total. The first-order valence-electron chi connectivity index (χ1n) is 13.2. The fourth-order valence-electron chi connectivity index (χ4n) is 6.16. The third-order valence-corrected chi connectivity index (χ3v) is 8.03. The van der Waals surface area contributed by atoms with Gasteiger partial charge in [-0.25, -0.2) is 13.8 Å². The molecular weight excluding hydrogens is 484 g/mol. The largest absolute Gasteiger partial charge is 0.302 e. The Bertz CT molecular complexity index is 1650. The molecule has 1 aliphatic carbocycles. The van der Waals surface area contributed by atoms with Crippen LogP contribution in [-0.2, 0) is 30.7 Å². The Morgan fingerprint density at radius 3 is 2.58 bits per heavy atom. The van der Waals surface area contributed by atoms with Crippen molar-refractivity contribution in [2.45, 2.75) is 51.6 Å². The Kier molecular flexibility index (Phi) is 6.19. The summed E-state index contributed by atoms with van der Waals surface area (Å²) in [5.41, 5.74) is 5.89. The predicted molar refractivity (Wildman–Crippen MR) is 143 cm³/mol. The number of halogens is 2. The molecule has 2 aromatic heterocycles. The molecular formula is C31H29F2N3O2. The van der Waals surface area contributed by atoms with Crippen molar-refractivity contribution in [3.8, 4) is 11.4 Å². The highest BCUT2D eigenvalue weighted by Crippen LogP contribution is 2.40. The van der Waals surface area contributed by atoms with Crippen molar-refractivity contribution in [1.82, 2.24) is 14.5 Å². The van der Waals surface area contributed by atoms with Crippen molar-refractivity contribution in [2.75, 3.05) is 13.6 Å². The van der Waals surface area contributed by atoms with Crippen LogP contribution in [0.3, 0.4) is 0 Å². The second kappa shape index (κ2) is 9.55. The van der Waals surface area contributed by atoms with Crippen molar-refractivity contribution in [2.24, 2.45) is 0 Å². The molecule has 1 atom stereocenters. The molecule has 6 rings (SSSR count). The highest BCUT2D eigenvalue weighted by Gasteiger charge is 2.36. The number of aromatic nitrogens is 2. The second-order valence-corrected chi connectivity index (χ2v) is 10.5. The van der Waals surface area contributed by atoms with Gasteiger partial charge in [0.25, 0.3) is 5.56 Å². The van der Waals surface area contributed by atoms with Crippen LogP contribution in [0, 0.1) is 11.6 Å². The summed E-state index contributed by atoms with van der Waals surface area (Å²) in [6.45, 7) is 3.91. The number of pyridine rings is 2. The number of benzene rings is 2. The van der Waals surface area contributed by atoms with Crippen LogP contribution in [0.15, 0.2) is 53.3 Å². The molecule has 194 valence electrons. The van der Waals surface area contributed by atoms with E-state index in [9.17, 15) is 18.4 Å². The van der Waals surface area contributed by atoms with Gasteiger partial charge in [0.2, 0.25) is 0 Å². The maximum absolute atomic E-state index is 14.4. The van der Waals surface area contributed by atoms with E-state index < -0.39 is 11.6 Å². The molecule has 3 heterocycles. The number of aryl methyl sites for hydroxylation is 1. The monoisotopic (exact) mass is 513 g/mol. The lowest BCUT2D eigenvalue weighted by molar-refractivity contribution is -0.119. The Balaban J connectivity index is 1.39. The molecule has 1 unspecified atom stereocenters. The third kappa shape index (κ3) is 4.06. The number of rotatable bonds is 7. The number of nitrogens with zero attached hydrogens (tertiary/aromatic N) is 3. The molecule has 0 saturated carbocycles. The first kappa shape index (κ1) is 24.6. The van der Waals surface area contributed by atoms with Gasteiger partial charge in [0.15, 0.2) is 11.6 Å². The fraction of sp³-hybridized carbons (Fsp3) is 0.323. The van der Waals surface area contributed by atoms with Gasteiger partial charge in [-0.3, -0.25) is 9.59 Å². The van der Waals surface area contributed by atoms with E-state index in [1.165, 1.54) is 11.6 Å². The predicted octanol–water partition coefficient (Wildman–Crippen LogP) is 5.39. The standard InChI is InChI=1S/C31H29F2N3O2/c1-3-19-21-13-28-30-24(17-36(28)31(38)23(21)14-29(19)37)20(22-12-25(32)26(33)15-27(22)34-30)10-7-11-35(2)16-18-8-5-4-6-9-18/h4-6,8-9,12-13,15,19H,3,7,10-11,14,16-17H2,1-2H3. The molecule has 0 N–H and O–H groups in total. The van der Waals surface area contributed by atoms with Crippen LogP contribution < -0.4 is 5.56 Å². The first-order chi connectivity index (χ1) is 18.4. The van der Waals surface area contributed by atoms with E-state index in [1.807, 2.05) is 31.2 Å². The van der Waals surface area contributed by atoms with Crippen molar-refractivity contribution in [1.29, 1.82) is 0 Å². The molecule has 0 amide bonds. The van der Waals surface area contributed by atoms with Crippen molar-refractivity contribution >= 4 is 16.7 Å². The maximum atomic E-state index is 14.4. The van der Waals surface area contributed by atoms with E-state index in [1.54, 1.807) is 4.57 Å². The Morgan fingerprint density at radius 2 is 1.82 bits per heavy atom. The van der Waals surface area contributed by atoms with Crippen molar-refractivity contribution in [3.63, 3.8) is 0 Å². The van der Waals surface area contributed by atoms with E-state index in [0.29, 0.717) is 47.2 Å². The highest BCUT2D eigenvalue weighted by atomic mass is 19.2. The normalized spacial score (nSPS) is 15.8. The molecule has 38 heavy (non-hydrogen) atoms. The molecule has 0 saturated heterocycles. The number of carbonyl (C=O) groups is 1. The minimum atomic E-state index is -0.945. The zero-order valence-electron chi connectivity index (χ0n) is 21.6. The van der Waals surface area contributed by atoms with Gasteiger partial charge in [0.1, 0.15) is 5.78 Å². The van der Waals surface area contributed by atoms with Gasteiger partial charge in [-0.2, -0.15) is 0 Å². The van der Waals surface area contributed by atoms with Gasteiger partial charge < -0.3 is 9.47 Å². The SMILES string of the molecule is CCC1C(=O)Cc2c1cc1n(c2=O)Cc2c-1nc1cc(F)c(F)cc1c2CCCN(C)Cc1ccccc1. The quantitative estimate of drug-likeness (QED) is 0.293. The fourth-order valence-corrected chi connectivity index (χ4v) is 6.16. The topological polar surface area (TPSA) is 55.2 Å². The smallest absolute Gasteiger partial charge is 0.255 e. The van der Waals surface area contributed by atoms with Crippen LogP contribution in [0.1, 0.15) is 53.5 Å². The van der Waals surface area contributed by atoms with Gasteiger partial charge in [0.05, 0.1) is 23.4 Å². The van der Waals surface area contributed by atoms with Crippen LogP contribution in [0.5, 0.6) is 0 Å². The number of Topliss-reactive ketones (excluding diaryl/α,β-unsaturated/α-hetero) is 1. The number of fused-ring (bicyclic) bond motifs is 5. The van der Waals surface area contributed by atoms with Gasteiger partial charge in [-0.1, -0.05) is 37.3 Å². The van der Waals surface area contributed by atoms with Crippen LogP contribution in [-0.4, -0.2) is 33.8 Å². The minimum absolute atomic E-state index is 0.0772. The zero-order valence-corrected chi connectivity index (χ0v) is 21.6. The molecule has 0 fully saturated rings. The summed E-state index contributed by atoms with van der Waals surface area (Å²) in [6, 6.07) is 14.5. The molecule has 0 spiro atoms. The average Bonchev–Trinajstić information content (AvgIpc) is 3.42. The van der Waals surface area contributed by atoms with Crippen LogP contribution in [0.2, 0.25) is 0 Å². The summed E-state index contributed by atoms with van der Waals surface area (Å²) >= 11 is 0. The molecule has 2 aliphatic rings. The van der Waals surface area contributed by atoms with Gasteiger partial charge in [-0.15, -0.1) is 0 Å². The first-order valence-corrected chi connectivity index (χ1v) is 13.2. The Morgan fingerprint density at radius 1 is 1.05 bits per heavy atom. The van der Waals surface area contributed by atoms with Crippen molar-refractivity contribution in [3.05, 3.63) is 98.3 Å². The summed E-state index contributed by atoms with van der Waals surface area (Å²) in [5.74, 6) is -2.05. The number of hydrogen-bond acceptors (Lipinski definition) is 4. The van der Waals surface area contributed by atoms with E-state index in [4.69, 9.17) is 4.98 Å². The molecule has 0 radical (unpaired) electrons. The van der Waals surface area contributed by atoms with E-state index in [0.717, 1.165) is 42.3 Å². The molecule has 1 aliphatic heterocycles. The molecule has 7 heteroatoms. The third-order valence-electron chi connectivity index (χ3n) is 8.03.